The van der Waals surface area contributed by atoms with E-state index in [4.69, 9.17) is 0 Å². The van der Waals surface area contributed by atoms with E-state index in [-0.39, 0.29) is 17.8 Å². The van der Waals surface area contributed by atoms with Gasteiger partial charge in [0, 0.05) is 50.9 Å². The van der Waals surface area contributed by atoms with Crippen molar-refractivity contribution in [3.63, 3.8) is 0 Å². The van der Waals surface area contributed by atoms with Crippen LogP contribution in [-0.4, -0.2) is 51.7 Å². The molecular formula is C24H33FN4O. The number of aromatic nitrogens is 2. The highest BCUT2D eigenvalue weighted by Crippen LogP contribution is 2.28. The molecule has 30 heavy (non-hydrogen) atoms. The maximum absolute atomic E-state index is 14.4. The van der Waals surface area contributed by atoms with Gasteiger partial charge in [0.2, 0.25) is 5.91 Å². The summed E-state index contributed by atoms with van der Waals surface area (Å²) in [6.45, 7) is 7.98. The van der Waals surface area contributed by atoms with Crippen LogP contribution in [0.4, 0.5) is 4.39 Å². The van der Waals surface area contributed by atoms with Crippen molar-refractivity contribution in [3.05, 3.63) is 65.8 Å². The fourth-order valence-corrected chi connectivity index (χ4v) is 4.55. The summed E-state index contributed by atoms with van der Waals surface area (Å²) in [5.74, 6) is 0.403. The topological polar surface area (TPSA) is 41.4 Å². The van der Waals surface area contributed by atoms with Crippen molar-refractivity contribution in [1.29, 1.82) is 0 Å². The Labute approximate surface area is 179 Å². The van der Waals surface area contributed by atoms with Crippen LogP contribution in [0.1, 0.15) is 36.1 Å². The summed E-state index contributed by atoms with van der Waals surface area (Å²) in [6, 6.07) is 7.25. The van der Waals surface area contributed by atoms with Gasteiger partial charge in [-0.05, 0) is 50.8 Å². The summed E-state index contributed by atoms with van der Waals surface area (Å²) in [5, 5.41) is 4.46. The van der Waals surface area contributed by atoms with Crippen LogP contribution < -0.4 is 0 Å². The van der Waals surface area contributed by atoms with Gasteiger partial charge in [0.15, 0.2) is 0 Å². The number of nitrogens with zero attached hydrogens (tertiary/aromatic N) is 4. The standard InChI is InChI=1S/C24H33FN4O/c1-5-8-24(30)29-13-11-19(12-14-29)23(15-20-9-6-7-10-22(20)25)27(3)16-21-17-28(4)26-18(21)2/h5-7,9-10,17,19,23H,1,8,11-16H2,2-4H3. The lowest BCUT2D eigenvalue weighted by molar-refractivity contribution is -0.132. The predicted molar refractivity (Wildman–Crippen MR) is 117 cm³/mol. The second-order valence-corrected chi connectivity index (χ2v) is 8.40. The number of hydrogen-bond donors (Lipinski definition) is 0. The fourth-order valence-electron chi connectivity index (χ4n) is 4.55. The highest BCUT2D eigenvalue weighted by molar-refractivity contribution is 5.77. The molecule has 2 heterocycles. The van der Waals surface area contributed by atoms with E-state index in [0.29, 0.717) is 18.8 Å². The molecule has 1 saturated heterocycles. The average Bonchev–Trinajstić information content (AvgIpc) is 3.04. The second kappa shape index (κ2) is 10.0. The molecule has 0 saturated carbocycles. The molecule has 0 aliphatic carbocycles. The summed E-state index contributed by atoms with van der Waals surface area (Å²) < 4.78 is 16.3. The molecule has 162 valence electrons. The molecule has 1 aromatic heterocycles. The Balaban J connectivity index is 1.75. The first-order valence-electron chi connectivity index (χ1n) is 10.7. The number of piperidine rings is 1. The van der Waals surface area contributed by atoms with Crippen LogP contribution in [-0.2, 0) is 24.8 Å². The van der Waals surface area contributed by atoms with Crippen molar-refractivity contribution in [2.45, 2.75) is 45.2 Å². The molecule has 1 unspecified atom stereocenters. The molecule has 0 N–H and O–H groups in total. The lowest BCUT2D eigenvalue weighted by Crippen LogP contribution is -2.46. The maximum Gasteiger partial charge on any atom is 0.226 e. The zero-order valence-electron chi connectivity index (χ0n) is 18.4. The van der Waals surface area contributed by atoms with E-state index in [1.54, 1.807) is 12.1 Å². The third-order valence-corrected chi connectivity index (χ3v) is 6.24. The zero-order chi connectivity index (χ0) is 21.7. The summed E-state index contributed by atoms with van der Waals surface area (Å²) in [4.78, 5) is 16.5. The van der Waals surface area contributed by atoms with Crippen LogP contribution in [0, 0.1) is 18.7 Å². The number of amides is 1. The molecule has 2 aromatic rings. The smallest absolute Gasteiger partial charge is 0.226 e. The normalized spacial score (nSPS) is 16.1. The van der Waals surface area contributed by atoms with Gasteiger partial charge in [-0.1, -0.05) is 24.3 Å². The number of hydrogen-bond acceptors (Lipinski definition) is 3. The van der Waals surface area contributed by atoms with Crippen molar-refractivity contribution < 1.29 is 9.18 Å². The van der Waals surface area contributed by atoms with Crippen molar-refractivity contribution >= 4 is 5.91 Å². The molecule has 0 radical (unpaired) electrons. The van der Waals surface area contributed by atoms with Gasteiger partial charge >= 0.3 is 0 Å². The number of halogens is 1. The molecule has 1 aromatic carbocycles. The van der Waals surface area contributed by atoms with Gasteiger partial charge in [0.25, 0.3) is 0 Å². The van der Waals surface area contributed by atoms with Gasteiger partial charge in [-0.2, -0.15) is 5.10 Å². The maximum atomic E-state index is 14.4. The summed E-state index contributed by atoms with van der Waals surface area (Å²) >= 11 is 0. The Bertz CT molecular complexity index is 870. The lowest BCUT2D eigenvalue weighted by atomic mass is 9.84. The Hall–Kier alpha value is -2.47. The zero-order valence-corrected chi connectivity index (χ0v) is 18.4. The molecule has 1 atom stereocenters. The number of aryl methyl sites for hydroxylation is 2. The number of carbonyl (C=O) groups is 1. The molecule has 1 aliphatic heterocycles. The number of likely N-dealkylation sites (tertiary alicyclic amines) is 1. The van der Waals surface area contributed by atoms with Crippen LogP contribution in [0.5, 0.6) is 0 Å². The Kier molecular flexibility index (Phi) is 7.43. The number of likely N-dealkylation sites (N-methyl/N-ethyl adjacent to an activating group) is 1. The monoisotopic (exact) mass is 412 g/mol. The average molecular weight is 413 g/mol. The Morgan fingerprint density at radius 3 is 2.63 bits per heavy atom. The van der Waals surface area contributed by atoms with E-state index in [1.807, 2.05) is 35.7 Å². The summed E-state index contributed by atoms with van der Waals surface area (Å²) in [5.41, 5.74) is 2.97. The van der Waals surface area contributed by atoms with Gasteiger partial charge in [-0.15, -0.1) is 6.58 Å². The van der Waals surface area contributed by atoms with Crippen LogP contribution >= 0.6 is 0 Å². The SMILES string of the molecule is C=CCC(=O)N1CCC(C(Cc2ccccc2F)N(C)Cc2cn(C)nc2C)CC1. The van der Waals surface area contributed by atoms with E-state index in [9.17, 15) is 9.18 Å². The summed E-state index contributed by atoms with van der Waals surface area (Å²) in [7, 11) is 4.05. The molecular weight excluding hydrogens is 379 g/mol. The van der Waals surface area contributed by atoms with Crippen molar-refractivity contribution in [2.75, 3.05) is 20.1 Å². The second-order valence-electron chi connectivity index (χ2n) is 8.40. The van der Waals surface area contributed by atoms with Crippen LogP contribution in [0.3, 0.4) is 0 Å². The van der Waals surface area contributed by atoms with Gasteiger partial charge < -0.3 is 4.90 Å². The molecule has 0 bridgehead atoms. The molecule has 1 fully saturated rings. The van der Waals surface area contributed by atoms with E-state index in [0.717, 1.165) is 43.7 Å². The van der Waals surface area contributed by atoms with E-state index in [1.165, 1.54) is 11.6 Å². The predicted octanol–water partition coefficient (Wildman–Crippen LogP) is 3.73. The number of carbonyl (C=O) groups excluding carboxylic acids is 1. The highest BCUT2D eigenvalue weighted by atomic mass is 19.1. The third-order valence-electron chi connectivity index (χ3n) is 6.24. The Morgan fingerprint density at radius 2 is 2.03 bits per heavy atom. The minimum Gasteiger partial charge on any atom is -0.342 e. The van der Waals surface area contributed by atoms with E-state index >= 15 is 0 Å². The molecule has 1 aliphatic rings. The van der Waals surface area contributed by atoms with Gasteiger partial charge in [0.05, 0.1) is 5.69 Å². The van der Waals surface area contributed by atoms with Crippen LogP contribution in [0.15, 0.2) is 43.1 Å². The summed E-state index contributed by atoms with van der Waals surface area (Å²) in [6.07, 6.45) is 6.63. The first kappa shape index (κ1) is 22.2. The third kappa shape index (κ3) is 5.36. The van der Waals surface area contributed by atoms with Crippen LogP contribution in [0.2, 0.25) is 0 Å². The molecule has 3 rings (SSSR count). The first-order chi connectivity index (χ1) is 14.4. The molecule has 6 heteroatoms. The van der Waals surface area contributed by atoms with Crippen molar-refractivity contribution in [3.8, 4) is 0 Å². The minimum atomic E-state index is -0.146. The molecule has 1 amide bonds. The number of rotatable bonds is 8. The molecule has 5 nitrogen and oxygen atoms in total. The van der Waals surface area contributed by atoms with Crippen molar-refractivity contribution in [2.24, 2.45) is 13.0 Å². The number of benzene rings is 1. The van der Waals surface area contributed by atoms with Crippen molar-refractivity contribution in [1.82, 2.24) is 19.6 Å². The van der Waals surface area contributed by atoms with E-state index in [2.05, 4.69) is 29.8 Å². The largest absolute Gasteiger partial charge is 0.342 e. The fraction of sp³-hybridized carbons (Fsp3) is 0.500. The van der Waals surface area contributed by atoms with Gasteiger partial charge in [0.1, 0.15) is 5.82 Å². The van der Waals surface area contributed by atoms with Crippen LogP contribution in [0.25, 0.3) is 0 Å². The lowest BCUT2D eigenvalue weighted by Gasteiger charge is -2.40. The van der Waals surface area contributed by atoms with Gasteiger partial charge in [-0.3, -0.25) is 14.4 Å². The van der Waals surface area contributed by atoms with Gasteiger partial charge in [-0.25, -0.2) is 4.39 Å². The molecule has 0 spiro atoms. The first-order valence-corrected chi connectivity index (χ1v) is 10.7. The Morgan fingerprint density at radius 1 is 1.33 bits per heavy atom. The quantitative estimate of drug-likeness (QED) is 0.621. The minimum absolute atomic E-state index is 0.146. The van der Waals surface area contributed by atoms with E-state index < -0.39 is 0 Å². The highest BCUT2D eigenvalue weighted by Gasteiger charge is 2.31.